The standard InChI is InChI=1S/C25H26ClN5O2/c1-17-7-10-19(15-22(17)26)28-25(33)30-13-11-29(12-14-30)24(32)21-16-27-31(23(21)18-8-9-18)20-5-3-2-4-6-20/h2-7,10,15-16,18H,8-9,11-14H2,1H3,(H,28,33). The Morgan fingerprint density at radius 3 is 2.36 bits per heavy atom. The van der Waals surface area contributed by atoms with Crippen LogP contribution in [0.5, 0.6) is 0 Å². The summed E-state index contributed by atoms with van der Waals surface area (Å²) >= 11 is 6.16. The third-order valence-electron chi connectivity index (χ3n) is 6.28. The van der Waals surface area contributed by atoms with Crippen LogP contribution >= 0.6 is 11.6 Å². The molecular formula is C25H26ClN5O2. The maximum atomic E-state index is 13.4. The smallest absolute Gasteiger partial charge is 0.321 e. The largest absolute Gasteiger partial charge is 0.335 e. The molecule has 0 radical (unpaired) electrons. The van der Waals surface area contributed by atoms with Crippen LogP contribution in [0.15, 0.2) is 54.7 Å². The molecule has 8 heteroatoms. The number of carbonyl (C=O) groups excluding carboxylic acids is 2. The predicted octanol–water partition coefficient (Wildman–Crippen LogP) is 4.70. The second-order valence-electron chi connectivity index (χ2n) is 8.64. The van der Waals surface area contributed by atoms with Gasteiger partial charge in [-0.1, -0.05) is 35.9 Å². The number of benzene rings is 2. The zero-order valence-corrected chi connectivity index (χ0v) is 19.3. The summed E-state index contributed by atoms with van der Waals surface area (Å²) in [4.78, 5) is 29.6. The van der Waals surface area contributed by atoms with Crippen LogP contribution in [-0.2, 0) is 0 Å². The lowest BCUT2D eigenvalue weighted by atomic mass is 10.1. The zero-order valence-electron chi connectivity index (χ0n) is 18.5. The van der Waals surface area contributed by atoms with Crippen molar-refractivity contribution < 1.29 is 9.59 Å². The van der Waals surface area contributed by atoms with Crippen molar-refractivity contribution >= 4 is 29.2 Å². The predicted molar refractivity (Wildman–Crippen MR) is 128 cm³/mol. The number of hydrogen-bond acceptors (Lipinski definition) is 3. The van der Waals surface area contributed by atoms with Crippen LogP contribution in [0, 0.1) is 6.92 Å². The fraction of sp³-hybridized carbons (Fsp3) is 0.320. The summed E-state index contributed by atoms with van der Waals surface area (Å²) in [7, 11) is 0. The van der Waals surface area contributed by atoms with Crippen molar-refractivity contribution in [1.82, 2.24) is 19.6 Å². The lowest BCUT2D eigenvalue weighted by Gasteiger charge is -2.34. The number of urea groups is 1. The van der Waals surface area contributed by atoms with Crippen LogP contribution in [0.4, 0.5) is 10.5 Å². The number of carbonyl (C=O) groups is 2. The van der Waals surface area contributed by atoms with Crippen LogP contribution in [0.2, 0.25) is 5.02 Å². The molecule has 33 heavy (non-hydrogen) atoms. The SMILES string of the molecule is Cc1ccc(NC(=O)N2CCN(C(=O)c3cnn(-c4ccccc4)c3C3CC3)CC2)cc1Cl. The summed E-state index contributed by atoms with van der Waals surface area (Å²) in [5.74, 6) is 0.365. The van der Waals surface area contributed by atoms with E-state index >= 15 is 0 Å². The van der Waals surface area contributed by atoms with Crippen molar-refractivity contribution in [3.63, 3.8) is 0 Å². The maximum absolute atomic E-state index is 13.4. The van der Waals surface area contributed by atoms with Crippen LogP contribution in [-0.4, -0.2) is 57.7 Å². The topological polar surface area (TPSA) is 70.5 Å². The molecule has 0 spiro atoms. The van der Waals surface area contributed by atoms with Gasteiger partial charge in [-0.15, -0.1) is 0 Å². The molecule has 2 aliphatic rings. The first-order valence-corrected chi connectivity index (χ1v) is 11.6. The number of anilines is 1. The Bertz CT molecular complexity index is 1180. The number of para-hydroxylation sites is 1. The summed E-state index contributed by atoms with van der Waals surface area (Å²) < 4.78 is 1.90. The van der Waals surface area contributed by atoms with Crippen molar-refractivity contribution in [2.45, 2.75) is 25.7 Å². The minimum absolute atomic E-state index is 0.00976. The van der Waals surface area contributed by atoms with Gasteiger partial charge >= 0.3 is 6.03 Å². The molecule has 0 unspecified atom stereocenters. The molecule has 0 bridgehead atoms. The lowest BCUT2D eigenvalue weighted by Crippen LogP contribution is -2.51. The van der Waals surface area contributed by atoms with Gasteiger partial charge in [-0.2, -0.15) is 5.10 Å². The van der Waals surface area contributed by atoms with E-state index in [1.165, 1.54) is 0 Å². The number of nitrogens with zero attached hydrogens (tertiary/aromatic N) is 4. The monoisotopic (exact) mass is 463 g/mol. The van der Waals surface area contributed by atoms with Crippen molar-refractivity contribution in [2.24, 2.45) is 0 Å². The van der Waals surface area contributed by atoms with E-state index in [2.05, 4.69) is 10.4 Å². The fourth-order valence-electron chi connectivity index (χ4n) is 4.20. The summed E-state index contributed by atoms with van der Waals surface area (Å²) in [6.07, 6.45) is 3.86. The van der Waals surface area contributed by atoms with E-state index in [0.717, 1.165) is 29.8 Å². The summed E-state index contributed by atoms with van der Waals surface area (Å²) in [6, 6.07) is 15.2. The molecule has 2 heterocycles. The lowest BCUT2D eigenvalue weighted by molar-refractivity contribution is 0.0670. The minimum atomic E-state index is -0.183. The molecule has 1 saturated heterocycles. The van der Waals surface area contributed by atoms with Gasteiger partial charge in [-0.3, -0.25) is 4.79 Å². The number of aryl methyl sites for hydroxylation is 1. The first kappa shape index (κ1) is 21.5. The molecule has 1 N–H and O–H groups in total. The molecule has 3 amide bonds. The maximum Gasteiger partial charge on any atom is 0.321 e. The Morgan fingerprint density at radius 1 is 1.00 bits per heavy atom. The van der Waals surface area contributed by atoms with Crippen LogP contribution in [0.3, 0.4) is 0 Å². The van der Waals surface area contributed by atoms with Crippen molar-refractivity contribution in [3.8, 4) is 5.69 Å². The third-order valence-corrected chi connectivity index (χ3v) is 6.69. The fourth-order valence-corrected chi connectivity index (χ4v) is 4.38. The second kappa shape index (κ2) is 8.90. The summed E-state index contributed by atoms with van der Waals surface area (Å²) in [5, 5.41) is 8.06. The molecule has 5 rings (SSSR count). The Morgan fingerprint density at radius 2 is 1.70 bits per heavy atom. The van der Waals surface area contributed by atoms with Crippen LogP contribution < -0.4 is 5.32 Å². The molecular weight excluding hydrogens is 438 g/mol. The van der Waals surface area contributed by atoms with E-state index in [1.54, 1.807) is 17.2 Å². The van der Waals surface area contributed by atoms with Gasteiger partial charge in [0.15, 0.2) is 0 Å². The molecule has 170 valence electrons. The number of halogens is 1. The van der Waals surface area contributed by atoms with Gasteiger partial charge in [0.2, 0.25) is 0 Å². The van der Waals surface area contributed by atoms with E-state index in [0.29, 0.717) is 48.4 Å². The van der Waals surface area contributed by atoms with Gasteiger partial charge in [0, 0.05) is 42.8 Å². The summed E-state index contributed by atoms with van der Waals surface area (Å²) in [6.45, 7) is 3.84. The van der Waals surface area contributed by atoms with E-state index in [1.807, 2.05) is 59.0 Å². The van der Waals surface area contributed by atoms with Crippen molar-refractivity contribution in [2.75, 3.05) is 31.5 Å². The molecule has 0 atom stereocenters. The van der Waals surface area contributed by atoms with E-state index < -0.39 is 0 Å². The van der Waals surface area contributed by atoms with E-state index in [4.69, 9.17) is 11.6 Å². The van der Waals surface area contributed by atoms with Gasteiger partial charge in [-0.25, -0.2) is 9.48 Å². The Labute approximate surface area is 197 Å². The van der Waals surface area contributed by atoms with Crippen molar-refractivity contribution in [1.29, 1.82) is 0 Å². The molecule has 7 nitrogen and oxygen atoms in total. The molecule has 2 aromatic carbocycles. The first-order valence-electron chi connectivity index (χ1n) is 11.3. The van der Waals surface area contributed by atoms with Gasteiger partial charge in [0.05, 0.1) is 23.1 Å². The highest BCUT2D eigenvalue weighted by atomic mass is 35.5. The highest BCUT2D eigenvalue weighted by Gasteiger charge is 2.35. The highest BCUT2D eigenvalue weighted by Crippen LogP contribution is 2.42. The molecule has 1 aliphatic carbocycles. The van der Waals surface area contributed by atoms with Crippen molar-refractivity contribution in [3.05, 3.63) is 76.6 Å². The number of piperazine rings is 1. The summed E-state index contributed by atoms with van der Waals surface area (Å²) in [5.41, 5.74) is 4.27. The van der Waals surface area contributed by atoms with Gasteiger partial charge < -0.3 is 15.1 Å². The Hall–Kier alpha value is -3.32. The number of rotatable bonds is 4. The van der Waals surface area contributed by atoms with Crippen LogP contribution in [0.1, 0.15) is 40.4 Å². The molecule has 1 aromatic heterocycles. The van der Waals surface area contributed by atoms with E-state index in [-0.39, 0.29) is 11.9 Å². The number of nitrogens with one attached hydrogen (secondary N) is 1. The first-order chi connectivity index (χ1) is 16.0. The number of amides is 3. The molecule has 2 fully saturated rings. The normalized spacial score (nSPS) is 16.1. The third kappa shape index (κ3) is 4.46. The average Bonchev–Trinajstić information content (AvgIpc) is 3.59. The average molecular weight is 464 g/mol. The Kier molecular flexibility index (Phi) is 5.81. The Balaban J connectivity index is 1.25. The zero-order chi connectivity index (χ0) is 22.9. The number of hydrogen-bond donors (Lipinski definition) is 1. The minimum Gasteiger partial charge on any atom is -0.335 e. The second-order valence-corrected chi connectivity index (χ2v) is 9.05. The van der Waals surface area contributed by atoms with Crippen LogP contribution in [0.25, 0.3) is 5.69 Å². The molecule has 1 aliphatic heterocycles. The quantitative estimate of drug-likeness (QED) is 0.609. The number of aromatic nitrogens is 2. The van der Waals surface area contributed by atoms with Gasteiger partial charge in [-0.05, 0) is 49.6 Å². The molecule has 3 aromatic rings. The van der Waals surface area contributed by atoms with Gasteiger partial charge in [0.1, 0.15) is 0 Å². The van der Waals surface area contributed by atoms with E-state index in [9.17, 15) is 9.59 Å². The van der Waals surface area contributed by atoms with Gasteiger partial charge in [0.25, 0.3) is 5.91 Å². The molecule has 1 saturated carbocycles. The highest BCUT2D eigenvalue weighted by molar-refractivity contribution is 6.31.